The maximum Gasteiger partial charge on any atom is 0.263 e. The van der Waals surface area contributed by atoms with Crippen molar-refractivity contribution < 1.29 is 22.4 Å². The Kier molecular flexibility index (Phi) is 5.68. The number of pyridine rings is 2. The van der Waals surface area contributed by atoms with E-state index in [2.05, 4.69) is 26.3 Å². The number of hydrogen-bond acceptors (Lipinski definition) is 8. The number of methoxy groups -OCH3 is 1. The molecule has 1 aliphatic carbocycles. The number of fused-ring (bicyclic) bond motifs is 1. The molecular formula is C23H21ClN4O6S. The van der Waals surface area contributed by atoms with E-state index in [-0.39, 0.29) is 38.5 Å². The quantitative estimate of drug-likeness (QED) is 0.372. The van der Waals surface area contributed by atoms with E-state index in [0.29, 0.717) is 23.2 Å². The van der Waals surface area contributed by atoms with E-state index in [4.69, 9.17) is 21.1 Å². The van der Waals surface area contributed by atoms with Gasteiger partial charge in [-0.1, -0.05) is 23.7 Å². The summed E-state index contributed by atoms with van der Waals surface area (Å²) in [4.78, 5) is 17.3. The first kappa shape index (κ1) is 23.2. The number of sulfonamides is 1. The largest absolute Gasteiger partial charge is 0.479 e. The highest BCUT2D eigenvalue weighted by atomic mass is 35.5. The van der Waals surface area contributed by atoms with Crippen LogP contribution in [0.1, 0.15) is 19.8 Å². The molecule has 1 aromatic carbocycles. The summed E-state index contributed by atoms with van der Waals surface area (Å²) in [6.07, 6.45) is 3.42. The van der Waals surface area contributed by atoms with Crippen molar-refractivity contribution in [2.45, 2.75) is 24.7 Å². The van der Waals surface area contributed by atoms with Crippen LogP contribution in [0.2, 0.25) is 5.02 Å². The van der Waals surface area contributed by atoms with Crippen LogP contribution in [0, 0.1) is 5.41 Å². The van der Waals surface area contributed by atoms with Gasteiger partial charge in [-0.3, -0.25) is 14.1 Å². The van der Waals surface area contributed by atoms with E-state index < -0.39 is 10.0 Å². The Hall–Kier alpha value is -3.57. The second kappa shape index (κ2) is 8.58. The SMILES string of the molecule is COc1nc(OCC2(C)CC2)c(Cl)cc1-n1c(=O)ccc2cc(S(=O)(=O)Nc3ccon3)ccc21. The molecule has 12 heteroatoms. The van der Waals surface area contributed by atoms with Gasteiger partial charge in [0.15, 0.2) is 5.82 Å². The molecule has 0 saturated heterocycles. The first-order chi connectivity index (χ1) is 16.7. The van der Waals surface area contributed by atoms with E-state index in [1.165, 1.54) is 48.3 Å². The van der Waals surface area contributed by atoms with Gasteiger partial charge in [-0.2, -0.15) is 4.98 Å². The zero-order valence-corrected chi connectivity index (χ0v) is 20.4. The number of hydrogen-bond donors (Lipinski definition) is 1. The Labute approximate surface area is 205 Å². The smallest absolute Gasteiger partial charge is 0.263 e. The van der Waals surface area contributed by atoms with Gasteiger partial charge >= 0.3 is 0 Å². The van der Waals surface area contributed by atoms with Crippen molar-refractivity contribution in [1.82, 2.24) is 14.7 Å². The molecule has 4 aromatic rings. The Bertz CT molecular complexity index is 1580. The van der Waals surface area contributed by atoms with Gasteiger partial charge in [0.2, 0.25) is 11.8 Å². The molecule has 0 aliphatic heterocycles. The zero-order valence-electron chi connectivity index (χ0n) is 18.8. The molecule has 1 aliphatic rings. The normalized spacial score (nSPS) is 14.6. The van der Waals surface area contributed by atoms with Gasteiger partial charge in [0.1, 0.15) is 17.0 Å². The molecular weight excluding hydrogens is 496 g/mol. The van der Waals surface area contributed by atoms with Crippen LogP contribution in [0.5, 0.6) is 11.8 Å². The van der Waals surface area contributed by atoms with Crippen molar-refractivity contribution >= 4 is 38.3 Å². The Morgan fingerprint density at radius 2 is 1.97 bits per heavy atom. The molecule has 3 heterocycles. The lowest BCUT2D eigenvalue weighted by molar-refractivity contribution is 0.236. The maximum absolute atomic E-state index is 12.9. The fraction of sp³-hybridized carbons (Fsp3) is 0.261. The minimum Gasteiger partial charge on any atom is -0.479 e. The van der Waals surface area contributed by atoms with Crippen molar-refractivity contribution in [3.8, 4) is 17.4 Å². The van der Waals surface area contributed by atoms with Crippen molar-refractivity contribution in [3.63, 3.8) is 0 Å². The van der Waals surface area contributed by atoms with Crippen LogP contribution in [0.4, 0.5) is 5.82 Å². The van der Waals surface area contributed by atoms with Gasteiger partial charge in [0.25, 0.3) is 15.6 Å². The van der Waals surface area contributed by atoms with Gasteiger partial charge in [-0.15, -0.1) is 0 Å². The average molecular weight is 517 g/mol. The number of nitrogens with one attached hydrogen (secondary N) is 1. The molecule has 1 saturated carbocycles. The summed E-state index contributed by atoms with van der Waals surface area (Å²) in [7, 11) is -2.50. The summed E-state index contributed by atoms with van der Waals surface area (Å²) < 4.78 is 45.2. The number of benzene rings is 1. The van der Waals surface area contributed by atoms with Crippen LogP contribution in [0.3, 0.4) is 0 Å². The molecule has 182 valence electrons. The molecule has 0 bridgehead atoms. The van der Waals surface area contributed by atoms with Gasteiger partial charge in [-0.05, 0) is 43.2 Å². The Morgan fingerprint density at radius 3 is 2.66 bits per heavy atom. The van der Waals surface area contributed by atoms with Crippen LogP contribution >= 0.6 is 11.6 Å². The van der Waals surface area contributed by atoms with Crippen molar-refractivity contribution in [2.24, 2.45) is 5.41 Å². The lowest BCUT2D eigenvalue weighted by atomic mass is 10.2. The minimum atomic E-state index is -3.94. The topological polar surface area (TPSA) is 126 Å². The number of nitrogens with zero attached hydrogens (tertiary/aromatic N) is 3. The molecule has 0 radical (unpaired) electrons. The third kappa shape index (κ3) is 4.56. The number of ether oxygens (including phenoxy) is 2. The molecule has 1 N–H and O–H groups in total. The summed E-state index contributed by atoms with van der Waals surface area (Å²) in [5.41, 5.74) is 0.496. The van der Waals surface area contributed by atoms with E-state index >= 15 is 0 Å². The summed E-state index contributed by atoms with van der Waals surface area (Å²) in [6, 6.07) is 10.2. The summed E-state index contributed by atoms with van der Waals surface area (Å²) in [5, 5.41) is 4.28. The highest BCUT2D eigenvalue weighted by Gasteiger charge is 2.38. The van der Waals surface area contributed by atoms with Crippen molar-refractivity contribution in [1.29, 1.82) is 0 Å². The predicted molar refractivity (Wildman–Crippen MR) is 129 cm³/mol. The maximum atomic E-state index is 12.9. The van der Waals surface area contributed by atoms with Crippen molar-refractivity contribution in [3.05, 3.63) is 64.1 Å². The number of rotatable bonds is 8. The lowest BCUT2D eigenvalue weighted by Crippen LogP contribution is -2.19. The first-order valence-corrected chi connectivity index (χ1v) is 12.5. The standard InChI is InChI=1S/C23H21ClN4O6S/c1-23(8-9-23)13-33-21-16(24)12-18(22(25-21)32-2)28-17-5-4-15(11-14(17)3-6-20(28)29)35(30,31)27-19-7-10-34-26-19/h3-7,10-12H,8-9,13H2,1-2H3,(H,26,27). The van der Waals surface area contributed by atoms with E-state index in [9.17, 15) is 13.2 Å². The molecule has 0 amide bonds. The third-order valence-electron chi connectivity index (χ3n) is 5.84. The van der Waals surface area contributed by atoms with E-state index in [1.807, 2.05) is 0 Å². The summed E-state index contributed by atoms with van der Waals surface area (Å²) in [5.74, 6) is 0.420. The number of halogens is 1. The van der Waals surface area contributed by atoms with Crippen molar-refractivity contribution in [2.75, 3.05) is 18.4 Å². The molecule has 5 rings (SSSR count). The second-order valence-electron chi connectivity index (χ2n) is 8.62. The van der Waals surface area contributed by atoms with Crippen LogP contribution in [-0.2, 0) is 10.0 Å². The van der Waals surface area contributed by atoms with Gasteiger partial charge in [0.05, 0.1) is 24.1 Å². The molecule has 3 aromatic heterocycles. The third-order valence-corrected chi connectivity index (χ3v) is 7.46. The Balaban J connectivity index is 1.56. The lowest BCUT2D eigenvalue weighted by Gasteiger charge is -2.17. The highest BCUT2D eigenvalue weighted by molar-refractivity contribution is 7.92. The average Bonchev–Trinajstić information content (AvgIpc) is 3.35. The molecule has 0 unspecified atom stereocenters. The van der Waals surface area contributed by atoms with Crippen LogP contribution in [-0.4, -0.2) is 36.8 Å². The highest BCUT2D eigenvalue weighted by Crippen LogP contribution is 2.45. The Morgan fingerprint density at radius 1 is 1.17 bits per heavy atom. The molecule has 0 atom stereocenters. The molecule has 10 nitrogen and oxygen atoms in total. The molecule has 0 spiro atoms. The molecule has 35 heavy (non-hydrogen) atoms. The van der Waals surface area contributed by atoms with E-state index in [0.717, 1.165) is 12.8 Å². The second-order valence-corrected chi connectivity index (χ2v) is 10.7. The number of anilines is 1. The first-order valence-electron chi connectivity index (χ1n) is 10.7. The summed E-state index contributed by atoms with van der Waals surface area (Å²) >= 11 is 6.45. The van der Waals surface area contributed by atoms with Gasteiger partial charge in [-0.25, -0.2) is 8.42 Å². The van der Waals surface area contributed by atoms with Gasteiger partial charge in [0, 0.05) is 22.9 Å². The molecule has 1 fully saturated rings. The zero-order chi connectivity index (χ0) is 24.8. The predicted octanol–water partition coefficient (Wildman–Crippen LogP) is 4.02. The summed E-state index contributed by atoms with van der Waals surface area (Å²) in [6.45, 7) is 2.61. The fourth-order valence-corrected chi connectivity index (χ4v) is 4.79. The van der Waals surface area contributed by atoms with Crippen LogP contribution < -0.4 is 19.8 Å². The minimum absolute atomic E-state index is 0.0151. The monoisotopic (exact) mass is 516 g/mol. The van der Waals surface area contributed by atoms with Crippen LogP contribution in [0.15, 0.2) is 62.9 Å². The number of aromatic nitrogens is 3. The van der Waals surface area contributed by atoms with E-state index in [1.54, 1.807) is 12.1 Å². The fourth-order valence-electron chi connectivity index (χ4n) is 3.56. The van der Waals surface area contributed by atoms with Crippen LogP contribution in [0.25, 0.3) is 16.6 Å². The van der Waals surface area contributed by atoms with Gasteiger partial charge < -0.3 is 14.0 Å².